The molecule has 3 nitrogen and oxygen atoms in total. The van der Waals surface area contributed by atoms with Gasteiger partial charge >= 0.3 is 12.1 Å². The van der Waals surface area contributed by atoms with Gasteiger partial charge < -0.3 is 10.4 Å². The van der Waals surface area contributed by atoms with Gasteiger partial charge in [0.05, 0.1) is 11.1 Å². The zero-order valence-electron chi connectivity index (χ0n) is 17.7. The third-order valence-electron chi connectivity index (χ3n) is 5.80. The fourth-order valence-electron chi connectivity index (χ4n) is 3.98. The van der Waals surface area contributed by atoms with Gasteiger partial charge in [0.1, 0.15) is 0 Å². The molecule has 6 heteroatoms. The van der Waals surface area contributed by atoms with Crippen LogP contribution in [0, 0.1) is 11.8 Å². The van der Waals surface area contributed by atoms with Gasteiger partial charge in [-0.2, -0.15) is 13.2 Å². The highest BCUT2D eigenvalue weighted by molar-refractivity contribution is 5.90. The van der Waals surface area contributed by atoms with Gasteiger partial charge in [-0.1, -0.05) is 36.1 Å². The minimum atomic E-state index is -4.40. The number of halogens is 3. The first kappa shape index (κ1) is 22.6. The smallest absolute Gasteiger partial charge is 0.416 e. The molecule has 0 aliphatic carbocycles. The Labute approximate surface area is 190 Å². The Morgan fingerprint density at radius 1 is 0.848 bits per heavy atom. The molecular weight excluding hydrogens is 427 g/mol. The molecule has 1 heterocycles. The second-order valence-electron chi connectivity index (χ2n) is 8.08. The highest BCUT2D eigenvalue weighted by Gasteiger charge is 2.29. The average Bonchev–Trinajstić information content (AvgIpc) is 2.83. The zero-order valence-corrected chi connectivity index (χ0v) is 17.7. The van der Waals surface area contributed by atoms with Crippen molar-refractivity contribution in [2.45, 2.75) is 24.9 Å². The minimum Gasteiger partial charge on any atom is -0.478 e. The number of rotatable bonds is 3. The Kier molecular flexibility index (Phi) is 6.52. The number of benzene rings is 3. The fraction of sp³-hybridized carbons (Fsp3) is 0.222. The van der Waals surface area contributed by atoms with Crippen molar-refractivity contribution in [1.82, 2.24) is 5.32 Å². The van der Waals surface area contributed by atoms with Crippen molar-refractivity contribution in [2.75, 3.05) is 13.1 Å². The monoisotopic (exact) mass is 449 g/mol. The molecule has 0 bridgehead atoms. The van der Waals surface area contributed by atoms with Crippen molar-refractivity contribution < 1.29 is 23.1 Å². The Morgan fingerprint density at radius 3 is 2.09 bits per heavy atom. The quantitative estimate of drug-likeness (QED) is 0.487. The minimum absolute atomic E-state index is 0.103. The Morgan fingerprint density at radius 2 is 1.48 bits per heavy atom. The van der Waals surface area contributed by atoms with Crippen LogP contribution in [0.1, 0.15) is 51.4 Å². The number of carboxylic acid groups (broad SMARTS) is 1. The Bertz CT molecular complexity index is 1200. The lowest BCUT2D eigenvalue weighted by Gasteiger charge is -2.23. The molecule has 168 valence electrons. The average molecular weight is 449 g/mol. The van der Waals surface area contributed by atoms with Gasteiger partial charge in [0.25, 0.3) is 0 Å². The molecule has 1 aliphatic heterocycles. The summed E-state index contributed by atoms with van der Waals surface area (Å²) in [6, 6.07) is 17.6. The van der Waals surface area contributed by atoms with E-state index >= 15 is 0 Å². The van der Waals surface area contributed by atoms with Crippen LogP contribution in [0.4, 0.5) is 13.2 Å². The summed E-state index contributed by atoms with van der Waals surface area (Å²) >= 11 is 0. The van der Waals surface area contributed by atoms with Crippen LogP contribution in [0.2, 0.25) is 0 Å². The lowest BCUT2D eigenvalue weighted by Crippen LogP contribution is -2.26. The molecule has 0 radical (unpaired) electrons. The predicted molar refractivity (Wildman–Crippen MR) is 121 cm³/mol. The molecule has 4 rings (SSSR count). The number of hydrogen-bond acceptors (Lipinski definition) is 2. The van der Waals surface area contributed by atoms with Crippen molar-refractivity contribution >= 4 is 5.97 Å². The molecule has 33 heavy (non-hydrogen) atoms. The fourth-order valence-corrected chi connectivity index (χ4v) is 3.98. The maximum absolute atomic E-state index is 12.7. The molecule has 3 aromatic carbocycles. The number of hydrogen-bond donors (Lipinski definition) is 2. The van der Waals surface area contributed by atoms with E-state index in [1.165, 1.54) is 23.8 Å². The molecule has 0 atom stereocenters. The number of carboxylic acids is 1. The molecule has 1 fully saturated rings. The van der Waals surface area contributed by atoms with Crippen LogP contribution in [0.5, 0.6) is 0 Å². The maximum atomic E-state index is 12.7. The van der Waals surface area contributed by atoms with Gasteiger partial charge in [-0.25, -0.2) is 4.79 Å². The van der Waals surface area contributed by atoms with Crippen LogP contribution < -0.4 is 5.32 Å². The van der Waals surface area contributed by atoms with Gasteiger partial charge in [0.2, 0.25) is 0 Å². The molecule has 1 aliphatic rings. The maximum Gasteiger partial charge on any atom is 0.416 e. The summed E-state index contributed by atoms with van der Waals surface area (Å²) in [4.78, 5) is 11.6. The lowest BCUT2D eigenvalue weighted by atomic mass is 9.89. The first-order valence-electron chi connectivity index (χ1n) is 10.7. The summed E-state index contributed by atoms with van der Waals surface area (Å²) in [6.45, 7) is 2.02. The summed E-state index contributed by atoms with van der Waals surface area (Å²) < 4.78 is 38.2. The molecule has 0 amide bonds. The van der Waals surface area contributed by atoms with Gasteiger partial charge in [0.15, 0.2) is 0 Å². The van der Waals surface area contributed by atoms with E-state index in [0.717, 1.165) is 49.2 Å². The van der Waals surface area contributed by atoms with Gasteiger partial charge in [-0.3, -0.25) is 0 Å². The molecule has 0 spiro atoms. The molecule has 0 aromatic heterocycles. The summed E-state index contributed by atoms with van der Waals surface area (Å²) in [5, 5.41) is 12.9. The zero-order chi connectivity index (χ0) is 23.4. The normalized spacial score (nSPS) is 14.4. The van der Waals surface area contributed by atoms with Crippen LogP contribution in [0.3, 0.4) is 0 Å². The Balaban J connectivity index is 1.61. The molecular formula is C27H22F3NO2. The predicted octanol–water partition coefficient (Wildman–Crippen LogP) is 5.94. The van der Waals surface area contributed by atoms with Crippen LogP contribution in [0.15, 0.2) is 66.7 Å². The van der Waals surface area contributed by atoms with Crippen molar-refractivity contribution in [3.05, 3.63) is 94.5 Å². The van der Waals surface area contributed by atoms with Crippen LogP contribution in [-0.2, 0) is 6.18 Å². The number of piperidine rings is 1. The molecule has 0 unspecified atom stereocenters. The third-order valence-corrected chi connectivity index (χ3v) is 5.80. The standard InChI is InChI=1S/C27H22F3NO2/c28-27(29,30)25-9-3-18(4-10-25)1-2-19-15-23(17-24(16-19)26(32)33)21-7-5-20(6-8-21)22-11-13-31-14-12-22/h3-10,15-17,22,31H,11-14H2,(H,32,33). The van der Waals surface area contributed by atoms with E-state index in [2.05, 4.69) is 29.3 Å². The van der Waals surface area contributed by atoms with Crippen molar-refractivity contribution in [3.63, 3.8) is 0 Å². The molecule has 0 saturated carbocycles. The van der Waals surface area contributed by atoms with Gasteiger partial charge in [-0.15, -0.1) is 0 Å². The third kappa shape index (κ3) is 5.63. The summed E-state index contributed by atoms with van der Waals surface area (Å²) in [6.07, 6.45) is -2.21. The van der Waals surface area contributed by atoms with Crippen LogP contribution in [-0.4, -0.2) is 24.2 Å². The van der Waals surface area contributed by atoms with E-state index in [4.69, 9.17) is 0 Å². The van der Waals surface area contributed by atoms with E-state index in [1.54, 1.807) is 12.1 Å². The van der Waals surface area contributed by atoms with E-state index < -0.39 is 17.7 Å². The van der Waals surface area contributed by atoms with Crippen molar-refractivity contribution in [2.24, 2.45) is 0 Å². The highest BCUT2D eigenvalue weighted by Crippen LogP contribution is 2.30. The lowest BCUT2D eigenvalue weighted by molar-refractivity contribution is -0.137. The number of aromatic carboxylic acids is 1. The van der Waals surface area contributed by atoms with Crippen LogP contribution >= 0.6 is 0 Å². The number of carbonyl (C=O) groups is 1. The van der Waals surface area contributed by atoms with Crippen molar-refractivity contribution in [1.29, 1.82) is 0 Å². The SMILES string of the molecule is O=C(O)c1cc(C#Cc2ccc(C(F)(F)F)cc2)cc(-c2ccc(C3CCNCC3)cc2)c1. The second kappa shape index (κ2) is 9.51. The summed E-state index contributed by atoms with van der Waals surface area (Å²) in [5.74, 6) is 5.16. The molecule has 2 N–H and O–H groups in total. The molecule has 3 aromatic rings. The van der Waals surface area contributed by atoms with E-state index in [1.807, 2.05) is 12.1 Å². The van der Waals surface area contributed by atoms with Crippen molar-refractivity contribution in [3.8, 4) is 23.0 Å². The largest absolute Gasteiger partial charge is 0.478 e. The Hall–Kier alpha value is -3.56. The number of alkyl halides is 3. The van der Waals surface area contributed by atoms with E-state index in [-0.39, 0.29) is 5.56 Å². The second-order valence-corrected chi connectivity index (χ2v) is 8.08. The summed E-state index contributed by atoms with van der Waals surface area (Å²) in [5.41, 5.74) is 3.14. The van der Waals surface area contributed by atoms with E-state index in [9.17, 15) is 23.1 Å². The first-order valence-corrected chi connectivity index (χ1v) is 10.7. The van der Waals surface area contributed by atoms with E-state index in [0.29, 0.717) is 17.0 Å². The number of nitrogens with one attached hydrogen (secondary N) is 1. The van der Waals surface area contributed by atoms with Gasteiger partial charge in [-0.05, 0) is 91.0 Å². The highest BCUT2D eigenvalue weighted by atomic mass is 19.4. The topological polar surface area (TPSA) is 49.3 Å². The first-order chi connectivity index (χ1) is 15.8. The summed E-state index contributed by atoms with van der Waals surface area (Å²) in [7, 11) is 0. The van der Waals surface area contributed by atoms with Gasteiger partial charge in [0, 0.05) is 11.1 Å². The van der Waals surface area contributed by atoms with Crippen LogP contribution in [0.25, 0.3) is 11.1 Å². The molecule has 1 saturated heterocycles.